The van der Waals surface area contributed by atoms with Crippen molar-refractivity contribution in [1.29, 1.82) is 0 Å². The molecule has 0 aliphatic carbocycles. The molecular formula is C30H29N3O4. The standard InChI is InChI=1S/C30H29N3O4/c1-22-6-5-7-23(20-22)30(35)33-26-12-10-25(11-13-26)32-29(34)21-31-24-14-16-28(17-15-24)37-19-18-36-27-8-3-2-4-9-27/h2-17,20,31H,18-19,21H2,1H3,(H,32,34)(H,33,35). The molecule has 3 N–H and O–H groups in total. The monoisotopic (exact) mass is 495 g/mol. The number of para-hydroxylation sites is 1. The molecule has 0 atom stereocenters. The highest BCUT2D eigenvalue weighted by atomic mass is 16.5. The van der Waals surface area contributed by atoms with Crippen LogP contribution in [-0.2, 0) is 4.79 Å². The van der Waals surface area contributed by atoms with E-state index in [2.05, 4.69) is 16.0 Å². The fourth-order valence-electron chi connectivity index (χ4n) is 3.52. The molecule has 0 aromatic heterocycles. The molecule has 0 fully saturated rings. The fourth-order valence-corrected chi connectivity index (χ4v) is 3.52. The van der Waals surface area contributed by atoms with Gasteiger partial charge in [-0.25, -0.2) is 0 Å². The molecule has 7 nitrogen and oxygen atoms in total. The van der Waals surface area contributed by atoms with Crippen molar-refractivity contribution in [2.45, 2.75) is 6.92 Å². The van der Waals surface area contributed by atoms with Crippen LogP contribution in [0.2, 0.25) is 0 Å². The largest absolute Gasteiger partial charge is 0.490 e. The third kappa shape index (κ3) is 8.14. The van der Waals surface area contributed by atoms with Crippen LogP contribution < -0.4 is 25.4 Å². The van der Waals surface area contributed by atoms with E-state index in [4.69, 9.17) is 9.47 Å². The van der Waals surface area contributed by atoms with Gasteiger partial charge in [0.05, 0.1) is 6.54 Å². The number of benzene rings is 4. The molecule has 0 radical (unpaired) electrons. The minimum atomic E-state index is -0.185. The summed E-state index contributed by atoms with van der Waals surface area (Å²) >= 11 is 0. The number of ether oxygens (including phenoxy) is 2. The summed E-state index contributed by atoms with van der Waals surface area (Å²) in [7, 11) is 0. The van der Waals surface area contributed by atoms with E-state index in [1.165, 1.54) is 0 Å². The Hall–Kier alpha value is -4.78. The highest BCUT2D eigenvalue weighted by Gasteiger charge is 2.07. The highest BCUT2D eigenvalue weighted by Crippen LogP contribution is 2.17. The van der Waals surface area contributed by atoms with E-state index >= 15 is 0 Å². The predicted molar refractivity (Wildman–Crippen MR) is 147 cm³/mol. The zero-order valence-electron chi connectivity index (χ0n) is 20.6. The lowest BCUT2D eigenvalue weighted by atomic mass is 10.1. The summed E-state index contributed by atoms with van der Waals surface area (Å²) in [5.74, 6) is 1.17. The average molecular weight is 496 g/mol. The van der Waals surface area contributed by atoms with Crippen LogP contribution in [-0.4, -0.2) is 31.6 Å². The van der Waals surface area contributed by atoms with Gasteiger partial charge in [-0.2, -0.15) is 0 Å². The van der Waals surface area contributed by atoms with Gasteiger partial charge in [0.1, 0.15) is 24.7 Å². The van der Waals surface area contributed by atoms with E-state index in [-0.39, 0.29) is 18.4 Å². The first-order chi connectivity index (χ1) is 18.0. The van der Waals surface area contributed by atoms with E-state index in [9.17, 15) is 9.59 Å². The van der Waals surface area contributed by atoms with Gasteiger partial charge in [0.25, 0.3) is 5.91 Å². The maximum absolute atomic E-state index is 12.4. The lowest BCUT2D eigenvalue weighted by molar-refractivity contribution is -0.114. The molecule has 7 heteroatoms. The van der Waals surface area contributed by atoms with Gasteiger partial charge in [-0.1, -0.05) is 35.9 Å². The summed E-state index contributed by atoms with van der Waals surface area (Å²) in [6.07, 6.45) is 0. The second-order valence-corrected chi connectivity index (χ2v) is 8.34. The number of rotatable bonds is 11. The van der Waals surface area contributed by atoms with Gasteiger partial charge in [-0.3, -0.25) is 9.59 Å². The molecule has 0 heterocycles. The Labute approximate surface area is 216 Å². The summed E-state index contributed by atoms with van der Waals surface area (Å²) in [5.41, 5.74) is 3.71. The predicted octanol–water partition coefficient (Wildman–Crippen LogP) is 5.76. The Kier molecular flexibility index (Phi) is 8.75. The van der Waals surface area contributed by atoms with E-state index in [0.717, 1.165) is 22.7 Å². The van der Waals surface area contributed by atoms with E-state index in [1.807, 2.05) is 79.7 Å². The summed E-state index contributed by atoms with van der Waals surface area (Å²) < 4.78 is 11.3. The van der Waals surface area contributed by atoms with Crippen LogP contribution in [0.3, 0.4) is 0 Å². The maximum atomic E-state index is 12.4. The van der Waals surface area contributed by atoms with Crippen LogP contribution >= 0.6 is 0 Å². The molecule has 0 saturated heterocycles. The molecule has 0 unspecified atom stereocenters. The van der Waals surface area contributed by atoms with Crippen LogP contribution in [0.15, 0.2) is 103 Å². The number of aryl methyl sites for hydroxylation is 1. The SMILES string of the molecule is Cc1cccc(C(=O)Nc2ccc(NC(=O)CNc3ccc(OCCOc4ccccc4)cc3)cc2)c1. The molecule has 4 aromatic rings. The smallest absolute Gasteiger partial charge is 0.255 e. The topological polar surface area (TPSA) is 88.7 Å². The molecular weight excluding hydrogens is 466 g/mol. The number of anilines is 3. The van der Waals surface area contributed by atoms with E-state index in [0.29, 0.717) is 30.2 Å². The van der Waals surface area contributed by atoms with Crippen molar-refractivity contribution in [2.75, 3.05) is 35.7 Å². The van der Waals surface area contributed by atoms with Crippen molar-refractivity contribution in [2.24, 2.45) is 0 Å². The van der Waals surface area contributed by atoms with E-state index in [1.54, 1.807) is 30.3 Å². The first-order valence-electron chi connectivity index (χ1n) is 12.0. The molecule has 37 heavy (non-hydrogen) atoms. The molecule has 0 aliphatic rings. The molecule has 4 rings (SSSR count). The van der Waals surface area contributed by atoms with Crippen LogP contribution in [0.4, 0.5) is 17.1 Å². The summed E-state index contributed by atoms with van der Waals surface area (Å²) in [6.45, 7) is 2.93. The lowest BCUT2D eigenvalue weighted by Gasteiger charge is -2.11. The van der Waals surface area contributed by atoms with Crippen LogP contribution in [0.25, 0.3) is 0 Å². The Morgan fingerprint density at radius 3 is 1.89 bits per heavy atom. The highest BCUT2D eigenvalue weighted by molar-refractivity contribution is 6.04. The first kappa shape index (κ1) is 25.3. The third-order valence-electron chi connectivity index (χ3n) is 5.38. The first-order valence-corrected chi connectivity index (χ1v) is 12.0. The second-order valence-electron chi connectivity index (χ2n) is 8.34. The Morgan fingerprint density at radius 1 is 0.649 bits per heavy atom. The summed E-state index contributed by atoms with van der Waals surface area (Å²) in [4.78, 5) is 24.7. The summed E-state index contributed by atoms with van der Waals surface area (Å²) in [6, 6.07) is 31.4. The molecule has 0 bridgehead atoms. The minimum Gasteiger partial charge on any atom is -0.490 e. The van der Waals surface area contributed by atoms with Crippen molar-refractivity contribution < 1.29 is 19.1 Å². The van der Waals surface area contributed by atoms with Gasteiger partial charge in [0.15, 0.2) is 0 Å². The zero-order chi connectivity index (χ0) is 25.9. The van der Waals surface area contributed by atoms with Crippen molar-refractivity contribution in [3.63, 3.8) is 0 Å². The number of carbonyl (C=O) groups excluding carboxylic acids is 2. The maximum Gasteiger partial charge on any atom is 0.255 e. The Balaban J connectivity index is 1.16. The number of carbonyl (C=O) groups is 2. The molecule has 188 valence electrons. The van der Waals surface area contributed by atoms with Crippen LogP contribution in [0.5, 0.6) is 11.5 Å². The van der Waals surface area contributed by atoms with Gasteiger partial charge in [-0.15, -0.1) is 0 Å². The van der Waals surface area contributed by atoms with Gasteiger partial charge in [0, 0.05) is 22.6 Å². The van der Waals surface area contributed by atoms with Crippen molar-refractivity contribution >= 4 is 28.9 Å². The number of hydrogen-bond donors (Lipinski definition) is 3. The molecule has 0 saturated carbocycles. The van der Waals surface area contributed by atoms with E-state index < -0.39 is 0 Å². The Morgan fingerprint density at radius 2 is 1.24 bits per heavy atom. The number of hydrogen-bond acceptors (Lipinski definition) is 5. The van der Waals surface area contributed by atoms with Gasteiger partial charge in [-0.05, 0) is 79.7 Å². The molecule has 2 amide bonds. The second kappa shape index (κ2) is 12.8. The third-order valence-corrected chi connectivity index (χ3v) is 5.38. The zero-order valence-corrected chi connectivity index (χ0v) is 20.6. The average Bonchev–Trinajstić information content (AvgIpc) is 2.92. The van der Waals surface area contributed by atoms with Crippen molar-refractivity contribution in [1.82, 2.24) is 0 Å². The van der Waals surface area contributed by atoms with Crippen LogP contribution in [0, 0.1) is 6.92 Å². The molecule has 4 aromatic carbocycles. The molecule has 0 spiro atoms. The van der Waals surface area contributed by atoms with Gasteiger partial charge in [0.2, 0.25) is 5.91 Å². The fraction of sp³-hybridized carbons (Fsp3) is 0.133. The van der Waals surface area contributed by atoms with Crippen molar-refractivity contribution in [3.8, 4) is 11.5 Å². The normalized spacial score (nSPS) is 10.3. The number of nitrogens with one attached hydrogen (secondary N) is 3. The van der Waals surface area contributed by atoms with Gasteiger partial charge >= 0.3 is 0 Å². The van der Waals surface area contributed by atoms with Crippen molar-refractivity contribution in [3.05, 3.63) is 114 Å². The summed E-state index contributed by atoms with van der Waals surface area (Å²) in [5, 5.41) is 8.79. The minimum absolute atomic E-state index is 0.108. The van der Waals surface area contributed by atoms with Crippen LogP contribution in [0.1, 0.15) is 15.9 Å². The Bertz CT molecular complexity index is 1310. The quantitative estimate of drug-likeness (QED) is 0.230. The lowest BCUT2D eigenvalue weighted by Crippen LogP contribution is -2.21. The molecule has 0 aliphatic heterocycles. The van der Waals surface area contributed by atoms with Gasteiger partial charge < -0.3 is 25.4 Å². The number of amides is 2.